The molecule has 0 bridgehead atoms. The smallest absolute Gasteiger partial charge is 0.214 e. The Kier molecular flexibility index (Phi) is 3.28. The Hall–Kier alpha value is -0.910. The fraction of sp³-hybridized carbons (Fsp3) is 0.455. The fourth-order valence-electron chi connectivity index (χ4n) is 1.93. The minimum atomic E-state index is -3.00. The maximum absolute atomic E-state index is 11.6. The average Bonchev–Trinajstić information content (AvgIpc) is 2.59. The van der Waals surface area contributed by atoms with Gasteiger partial charge < -0.3 is 5.73 Å². The molecule has 0 atom stereocenters. The van der Waals surface area contributed by atoms with E-state index in [9.17, 15) is 8.42 Å². The molecule has 1 saturated heterocycles. The molecule has 0 unspecified atom stereocenters. The maximum atomic E-state index is 11.6. The van der Waals surface area contributed by atoms with Gasteiger partial charge in [0.05, 0.1) is 5.75 Å². The Labute approximate surface area is 96.1 Å². The van der Waals surface area contributed by atoms with Crippen LogP contribution >= 0.6 is 0 Å². The van der Waals surface area contributed by atoms with Crippen molar-refractivity contribution < 1.29 is 8.42 Å². The van der Waals surface area contributed by atoms with E-state index in [-0.39, 0.29) is 5.75 Å². The lowest BCUT2D eigenvalue weighted by Crippen LogP contribution is -2.25. The van der Waals surface area contributed by atoms with Crippen LogP contribution in [0.3, 0.4) is 0 Å². The first-order valence-electron chi connectivity index (χ1n) is 5.37. The van der Waals surface area contributed by atoms with Crippen molar-refractivity contribution in [2.75, 3.05) is 12.3 Å². The molecule has 16 heavy (non-hydrogen) atoms. The van der Waals surface area contributed by atoms with Crippen molar-refractivity contribution in [2.24, 2.45) is 5.73 Å². The Bertz CT molecular complexity index is 471. The Morgan fingerprint density at radius 3 is 2.69 bits per heavy atom. The molecule has 0 aromatic heterocycles. The van der Waals surface area contributed by atoms with Crippen LogP contribution < -0.4 is 5.73 Å². The van der Waals surface area contributed by atoms with Gasteiger partial charge in [-0.25, -0.2) is 8.42 Å². The van der Waals surface area contributed by atoms with Gasteiger partial charge in [-0.15, -0.1) is 0 Å². The molecule has 1 aliphatic heterocycles. The van der Waals surface area contributed by atoms with Gasteiger partial charge in [-0.05, 0) is 17.5 Å². The number of nitrogens with zero attached hydrogens (tertiary/aromatic N) is 1. The SMILES string of the molecule is NCc1cccc(CN2CCCS2(=O)=O)c1. The number of sulfonamides is 1. The lowest BCUT2D eigenvalue weighted by Gasteiger charge is -2.14. The number of rotatable bonds is 3. The number of hydrogen-bond donors (Lipinski definition) is 1. The highest BCUT2D eigenvalue weighted by atomic mass is 32.2. The van der Waals surface area contributed by atoms with E-state index < -0.39 is 10.0 Å². The molecule has 2 rings (SSSR count). The zero-order valence-corrected chi connectivity index (χ0v) is 9.91. The van der Waals surface area contributed by atoms with Crippen LogP contribution in [0.25, 0.3) is 0 Å². The highest BCUT2D eigenvalue weighted by Gasteiger charge is 2.27. The number of benzene rings is 1. The molecule has 0 radical (unpaired) electrons. The van der Waals surface area contributed by atoms with Gasteiger partial charge in [0.2, 0.25) is 10.0 Å². The van der Waals surface area contributed by atoms with E-state index in [0.717, 1.165) is 17.5 Å². The molecule has 0 amide bonds. The second kappa shape index (κ2) is 4.53. The van der Waals surface area contributed by atoms with Crippen LogP contribution in [0.1, 0.15) is 17.5 Å². The largest absolute Gasteiger partial charge is 0.326 e. The third-order valence-electron chi connectivity index (χ3n) is 2.79. The molecule has 0 spiro atoms. The summed E-state index contributed by atoms with van der Waals surface area (Å²) >= 11 is 0. The first-order valence-corrected chi connectivity index (χ1v) is 6.98. The van der Waals surface area contributed by atoms with Crippen molar-refractivity contribution in [3.8, 4) is 0 Å². The van der Waals surface area contributed by atoms with Crippen LogP contribution in [0.2, 0.25) is 0 Å². The molecule has 4 nitrogen and oxygen atoms in total. The molecule has 1 aromatic rings. The summed E-state index contributed by atoms with van der Waals surface area (Å²) < 4.78 is 24.8. The monoisotopic (exact) mass is 240 g/mol. The molecule has 1 heterocycles. The highest BCUT2D eigenvalue weighted by molar-refractivity contribution is 7.89. The number of nitrogens with two attached hydrogens (primary N) is 1. The third kappa shape index (κ3) is 2.42. The van der Waals surface area contributed by atoms with Crippen molar-refractivity contribution in [2.45, 2.75) is 19.5 Å². The molecular formula is C11H16N2O2S. The normalized spacial score (nSPS) is 20.1. The van der Waals surface area contributed by atoms with Gasteiger partial charge in [-0.1, -0.05) is 24.3 Å². The van der Waals surface area contributed by atoms with Crippen LogP contribution in [0, 0.1) is 0 Å². The topological polar surface area (TPSA) is 63.4 Å². The van der Waals surface area contributed by atoms with Crippen molar-refractivity contribution in [3.63, 3.8) is 0 Å². The van der Waals surface area contributed by atoms with Crippen molar-refractivity contribution in [3.05, 3.63) is 35.4 Å². The predicted octanol–water partition coefficient (Wildman–Crippen LogP) is 0.681. The van der Waals surface area contributed by atoms with Gasteiger partial charge in [0.25, 0.3) is 0 Å². The summed E-state index contributed by atoms with van der Waals surface area (Å²) in [6, 6.07) is 7.77. The second-order valence-corrected chi connectivity index (χ2v) is 6.12. The van der Waals surface area contributed by atoms with E-state index in [0.29, 0.717) is 19.6 Å². The van der Waals surface area contributed by atoms with Crippen LogP contribution in [-0.4, -0.2) is 25.0 Å². The summed E-state index contributed by atoms with van der Waals surface area (Å²) in [4.78, 5) is 0. The molecule has 5 heteroatoms. The average molecular weight is 240 g/mol. The molecule has 1 aromatic carbocycles. The fourth-order valence-corrected chi connectivity index (χ4v) is 3.43. The quantitative estimate of drug-likeness (QED) is 0.845. The van der Waals surface area contributed by atoms with E-state index in [1.165, 1.54) is 0 Å². The summed E-state index contributed by atoms with van der Waals surface area (Å²) in [6.45, 7) is 1.59. The van der Waals surface area contributed by atoms with Crippen LogP contribution in [-0.2, 0) is 23.1 Å². The second-order valence-electron chi connectivity index (χ2n) is 4.03. The van der Waals surface area contributed by atoms with E-state index in [1.54, 1.807) is 4.31 Å². The van der Waals surface area contributed by atoms with Crippen LogP contribution in [0.15, 0.2) is 24.3 Å². The first-order chi connectivity index (χ1) is 7.62. The van der Waals surface area contributed by atoms with Crippen molar-refractivity contribution in [1.82, 2.24) is 4.31 Å². The minimum Gasteiger partial charge on any atom is -0.326 e. The van der Waals surface area contributed by atoms with Crippen molar-refractivity contribution >= 4 is 10.0 Å². The predicted molar refractivity (Wildman–Crippen MR) is 63.1 cm³/mol. The van der Waals surface area contributed by atoms with Gasteiger partial charge >= 0.3 is 0 Å². The summed E-state index contributed by atoms with van der Waals surface area (Å²) in [5.74, 6) is 0.281. The third-order valence-corrected chi connectivity index (χ3v) is 4.69. The Balaban J connectivity index is 2.15. The van der Waals surface area contributed by atoms with Gasteiger partial charge in [-0.2, -0.15) is 4.31 Å². The number of hydrogen-bond acceptors (Lipinski definition) is 3. The molecule has 1 fully saturated rings. The zero-order valence-electron chi connectivity index (χ0n) is 9.09. The summed E-state index contributed by atoms with van der Waals surface area (Å²) in [6.07, 6.45) is 0.735. The Morgan fingerprint density at radius 1 is 1.31 bits per heavy atom. The van der Waals surface area contributed by atoms with E-state index in [4.69, 9.17) is 5.73 Å². The van der Waals surface area contributed by atoms with Gasteiger partial charge in [0.15, 0.2) is 0 Å². The van der Waals surface area contributed by atoms with Crippen LogP contribution in [0.4, 0.5) is 0 Å². The van der Waals surface area contributed by atoms with E-state index in [2.05, 4.69) is 0 Å². The molecule has 1 aliphatic rings. The van der Waals surface area contributed by atoms with Gasteiger partial charge in [-0.3, -0.25) is 0 Å². The highest BCUT2D eigenvalue weighted by Crippen LogP contribution is 2.17. The van der Waals surface area contributed by atoms with Crippen molar-refractivity contribution in [1.29, 1.82) is 0 Å². The molecule has 2 N–H and O–H groups in total. The summed E-state index contributed by atoms with van der Waals surface area (Å²) in [5.41, 5.74) is 7.59. The summed E-state index contributed by atoms with van der Waals surface area (Å²) in [7, 11) is -3.00. The minimum absolute atomic E-state index is 0.281. The summed E-state index contributed by atoms with van der Waals surface area (Å²) in [5, 5.41) is 0. The molecular weight excluding hydrogens is 224 g/mol. The maximum Gasteiger partial charge on any atom is 0.214 e. The van der Waals surface area contributed by atoms with Gasteiger partial charge in [0, 0.05) is 19.6 Å². The standard InChI is InChI=1S/C11H16N2O2S/c12-8-10-3-1-4-11(7-10)9-13-5-2-6-16(13,14)15/h1,3-4,7H,2,5-6,8-9,12H2. The Morgan fingerprint density at radius 2 is 2.06 bits per heavy atom. The van der Waals surface area contributed by atoms with E-state index in [1.807, 2.05) is 24.3 Å². The van der Waals surface area contributed by atoms with Gasteiger partial charge in [0.1, 0.15) is 0 Å². The molecule has 88 valence electrons. The van der Waals surface area contributed by atoms with Crippen LogP contribution in [0.5, 0.6) is 0 Å². The first kappa shape index (κ1) is 11.6. The van der Waals surface area contributed by atoms with E-state index >= 15 is 0 Å². The lowest BCUT2D eigenvalue weighted by atomic mass is 10.1. The lowest BCUT2D eigenvalue weighted by molar-refractivity contribution is 0.439. The molecule has 0 saturated carbocycles. The molecule has 0 aliphatic carbocycles. The zero-order chi connectivity index (χ0) is 11.6.